The summed E-state index contributed by atoms with van der Waals surface area (Å²) in [6, 6.07) is 4.22. The fourth-order valence-corrected chi connectivity index (χ4v) is 3.34. The number of guanidine groups is 1. The van der Waals surface area contributed by atoms with Gasteiger partial charge in [-0.25, -0.2) is 0 Å². The summed E-state index contributed by atoms with van der Waals surface area (Å²) < 4.78 is 4.84. The van der Waals surface area contributed by atoms with Gasteiger partial charge in [0.25, 0.3) is 0 Å². The van der Waals surface area contributed by atoms with Gasteiger partial charge in [0.1, 0.15) is 0 Å². The van der Waals surface area contributed by atoms with Crippen LogP contribution in [0.25, 0.3) is 0 Å². The Hall–Kier alpha value is -0.830. The molecule has 1 saturated heterocycles. The maximum Gasteiger partial charge on any atom is 0.308 e. The number of nitrogens with one attached hydrogen (secondary N) is 1. The van der Waals surface area contributed by atoms with Crippen LogP contribution in [0.3, 0.4) is 0 Å². The second-order valence-electron chi connectivity index (χ2n) is 5.35. The Balaban J connectivity index is 0.00000264. The van der Waals surface area contributed by atoms with Crippen molar-refractivity contribution in [2.24, 2.45) is 10.9 Å². The molecule has 0 amide bonds. The molecule has 1 aromatic rings. The van der Waals surface area contributed by atoms with Gasteiger partial charge in [-0.1, -0.05) is 6.07 Å². The summed E-state index contributed by atoms with van der Waals surface area (Å²) >= 11 is 1.77. The van der Waals surface area contributed by atoms with Crippen molar-refractivity contribution in [3.63, 3.8) is 0 Å². The summed E-state index contributed by atoms with van der Waals surface area (Å²) in [5.41, 5.74) is 0. The van der Waals surface area contributed by atoms with Crippen molar-refractivity contribution in [3.05, 3.63) is 22.4 Å². The van der Waals surface area contributed by atoms with Crippen LogP contribution in [0.1, 0.15) is 24.6 Å². The summed E-state index contributed by atoms with van der Waals surface area (Å²) in [4.78, 5) is 19.9. The lowest BCUT2D eigenvalue weighted by atomic mass is 9.97. The molecule has 7 heteroatoms. The predicted molar refractivity (Wildman–Crippen MR) is 106 cm³/mol. The smallest absolute Gasteiger partial charge is 0.308 e. The molecule has 1 aliphatic heterocycles. The molecule has 1 N–H and O–H groups in total. The van der Waals surface area contributed by atoms with E-state index in [0.29, 0.717) is 0 Å². The van der Waals surface area contributed by atoms with E-state index in [9.17, 15) is 4.79 Å². The number of ether oxygens (including phenoxy) is 1. The number of hydrogen-bond acceptors (Lipinski definition) is 4. The second kappa shape index (κ2) is 10.9. The van der Waals surface area contributed by atoms with Gasteiger partial charge in [-0.2, -0.15) is 0 Å². The Morgan fingerprint density at radius 3 is 2.78 bits per heavy atom. The van der Waals surface area contributed by atoms with Gasteiger partial charge in [0.05, 0.1) is 13.0 Å². The van der Waals surface area contributed by atoms with Crippen LogP contribution in [-0.2, 0) is 16.0 Å². The van der Waals surface area contributed by atoms with Gasteiger partial charge in [-0.15, -0.1) is 35.3 Å². The average molecular weight is 451 g/mol. The molecule has 23 heavy (non-hydrogen) atoms. The highest BCUT2D eigenvalue weighted by molar-refractivity contribution is 14.0. The lowest BCUT2D eigenvalue weighted by Crippen LogP contribution is -2.46. The van der Waals surface area contributed by atoms with Crippen molar-refractivity contribution in [1.29, 1.82) is 0 Å². The first-order valence-electron chi connectivity index (χ1n) is 7.88. The van der Waals surface area contributed by atoms with Crippen molar-refractivity contribution in [2.75, 3.05) is 33.3 Å². The van der Waals surface area contributed by atoms with Crippen LogP contribution in [0.15, 0.2) is 22.5 Å². The standard InChI is InChI=1S/C16H25N3O2S.HI/c1-3-17-16(18-9-6-14-5-4-12-22-14)19-10-7-13(8-11-19)15(20)21-2;/h4-5,12-13H,3,6-11H2,1-2H3,(H,17,18);1H. The molecule has 0 spiro atoms. The molecule has 5 nitrogen and oxygen atoms in total. The van der Waals surface area contributed by atoms with Gasteiger partial charge in [0.2, 0.25) is 0 Å². The number of nitrogens with zero attached hydrogens (tertiary/aromatic N) is 2. The fraction of sp³-hybridized carbons (Fsp3) is 0.625. The summed E-state index contributed by atoms with van der Waals surface area (Å²) in [7, 11) is 1.46. The molecule has 2 heterocycles. The highest BCUT2D eigenvalue weighted by Gasteiger charge is 2.26. The maximum atomic E-state index is 11.6. The molecule has 1 aromatic heterocycles. The minimum Gasteiger partial charge on any atom is -0.469 e. The predicted octanol–water partition coefficient (Wildman–Crippen LogP) is 2.76. The van der Waals surface area contributed by atoms with Gasteiger partial charge in [-0.3, -0.25) is 9.79 Å². The number of likely N-dealkylation sites (tertiary alicyclic amines) is 1. The van der Waals surface area contributed by atoms with Gasteiger partial charge in [0.15, 0.2) is 5.96 Å². The minimum atomic E-state index is -0.0840. The zero-order chi connectivity index (χ0) is 15.8. The molecule has 2 rings (SSSR count). The highest BCUT2D eigenvalue weighted by atomic mass is 127. The zero-order valence-corrected chi connectivity index (χ0v) is 16.9. The van der Waals surface area contributed by atoms with Crippen molar-refractivity contribution in [1.82, 2.24) is 10.2 Å². The molecule has 0 bridgehead atoms. The summed E-state index contributed by atoms with van der Waals surface area (Å²) in [5.74, 6) is 0.914. The van der Waals surface area contributed by atoms with Crippen LogP contribution in [0.5, 0.6) is 0 Å². The second-order valence-corrected chi connectivity index (χ2v) is 6.38. The van der Waals surface area contributed by atoms with Gasteiger partial charge in [0, 0.05) is 37.5 Å². The third-order valence-corrected chi connectivity index (χ3v) is 4.80. The molecule has 0 unspecified atom stereocenters. The van der Waals surface area contributed by atoms with E-state index in [-0.39, 0.29) is 35.9 Å². The molecule has 1 fully saturated rings. The van der Waals surface area contributed by atoms with Crippen LogP contribution in [0.4, 0.5) is 0 Å². The number of thiophene rings is 1. The Kier molecular flexibility index (Phi) is 9.54. The molecule has 0 atom stereocenters. The van der Waals surface area contributed by atoms with Crippen molar-refractivity contribution < 1.29 is 9.53 Å². The van der Waals surface area contributed by atoms with Crippen molar-refractivity contribution >= 4 is 47.2 Å². The molecule has 0 aromatic carbocycles. The van der Waals surface area contributed by atoms with E-state index < -0.39 is 0 Å². The fourth-order valence-electron chi connectivity index (χ4n) is 2.65. The highest BCUT2D eigenvalue weighted by Crippen LogP contribution is 2.18. The van der Waals surface area contributed by atoms with Crippen molar-refractivity contribution in [2.45, 2.75) is 26.2 Å². The number of hydrogen-bond donors (Lipinski definition) is 1. The lowest BCUT2D eigenvalue weighted by Gasteiger charge is -2.33. The van der Waals surface area contributed by atoms with Crippen LogP contribution >= 0.6 is 35.3 Å². The van der Waals surface area contributed by atoms with E-state index in [1.807, 2.05) is 0 Å². The van der Waals surface area contributed by atoms with Crippen LogP contribution in [-0.4, -0.2) is 50.1 Å². The number of esters is 1. The van der Waals surface area contributed by atoms with E-state index in [1.165, 1.54) is 12.0 Å². The number of carbonyl (C=O) groups is 1. The van der Waals surface area contributed by atoms with Gasteiger partial charge >= 0.3 is 5.97 Å². The molecular weight excluding hydrogens is 425 g/mol. The maximum absolute atomic E-state index is 11.6. The quantitative estimate of drug-likeness (QED) is 0.324. The number of carbonyl (C=O) groups excluding carboxylic acids is 1. The Morgan fingerprint density at radius 1 is 1.48 bits per heavy atom. The first-order chi connectivity index (χ1) is 10.7. The molecule has 0 aliphatic carbocycles. The van der Waals surface area contributed by atoms with E-state index in [0.717, 1.165) is 51.4 Å². The summed E-state index contributed by atoms with van der Waals surface area (Å²) in [6.45, 7) is 5.43. The third-order valence-electron chi connectivity index (χ3n) is 3.86. The van der Waals surface area contributed by atoms with E-state index in [2.05, 4.69) is 34.7 Å². The van der Waals surface area contributed by atoms with Gasteiger partial charge in [-0.05, 0) is 31.2 Å². The number of rotatable bonds is 5. The first-order valence-corrected chi connectivity index (χ1v) is 8.76. The third kappa shape index (κ3) is 6.29. The van der Waals surface area contributed by atoms with Gasteiger partial charge < -0.3 is 15.0 Å². The Morgan fingerprint density at radius 2 is 2.22 bits per heavy atom. The van der Waals surface area contributed by atoms with E-state index in [4.69, 9.17) is 9.73 Å². The van der Waals surface area contributed by atoms with Crippen molar-refractivity contribution in [3.8, 4) is 0 Å². The lowest BCUT2D eigenvalue weighted by molar-refractivity contribution is -0.146. The number of piperidine rings is 1. The van der Waals surface area contributed by atoms with Crippen LogP contribution in [0, 0.1) is 5.92 Å². The SMILES string of the molecule is CCNC(=NCCc1cccs1)N1CCC(C(=O)OC)CC1.I. The monoisotopic (exact) mass is 451 g/mol. The normalized spacial score (nSPS) is 15.9. The molecule has 0 radical (unpaired) electrons. The summed E-state index contributed by atoms with van der Waals surface area (Å²) in [6.07, 6.45) is 2.65. The number of aliphatic imine (C=N–C) groups is 1. The van der Waals surface area contributed by atoms with Crippen LogP contribution in [0.2, 0.25) is 0 Å². The molecular formula is C16H26IN3O2S. The zero-order valence-electron chi connectivity index (χ0n) is 13.8. The first kappa shape index (κ1) is 20.2. The Labute approximate surface area is 159 Å². The topological polar surface area (TPSA) is 53.9 Å². The summed E-state index contributed by atoms with van der Waals surface area (Å²) in [5, 5.41) is 5.45. The Bertz CT molecular complexity index is 486. The number of halogens is 1. The van der Waals surface area contributed by atoms with E-state index in [1.54, 1.807) is 11.3 Å². The van der Waals surface area contributed by atoms with Crippen LogP contribution < -0.4 is 5.32 Å². The average Bonchev–Trinajstić information content (AvgIpc) is 3.07. The molecule has 130 valence electrons. The molecule has 0 saturated carbocycles. The largest absolute Gasteiger partial charge is 0.469 e. The minimum absolute atomic E-state index is 0. The number of methoxy groups -OCH3 is 1. The van der Waals surface area contributed by atoms with E-state index >= 15 is 0 Å². The molecule has 1 aliphatic rings.